The normalized spacial score (nSPS) is 4.17. The zero-order valence-corrected chi connectivity index (χ0v) is 4.91. The molecule has 0 fully saturated rings. The molecule has 0 aliphatic carbocycles. The number of carboxylic acids is 1. The molecule has 1 N–H and O–H groups in total. The molecule has 0 atom stereocenters. The molecule has 0 aliphatic rings. The van der Waals surface area contributed by atoms with Crippen molar-refractivity contribution in [3.8, 4) is 0 Å². The zero-order chi connectivity index (χ0) is 3.58. The first-order valence-electron chi connectivity index (χ1n) is 0.928. The van der Waals surface area contributed by atoms with Gasteiger partial charge in [-0.05, 0) is 0 Å². The molecule has 0 saturated heterocycles. The molecule has 0 aromatic rings. The minimum Gasteiger partial charge on any atom is -1.00 e. The molecule has 4 heteroatoms. The molecule has 0 aromatic carbocycles. The molecule has 0 amide bonds. The van der Waals surface area contributed by atoms with E-state index in [4.69, 9.17) is 9.90 Å². The van der Waals surface area contributed by atoms with Gasteiger partial charge in [0.1, 0.15) is 0 Å². The molecule has 0 heterocycles. The number of aliphatic carboxylic acids is 1. The second-order valence-electron chi connectivity index (χ2n) is 0.519. The number of carboxylic acid groups (broad SMARTS) is 1. The Labute approximate surface area is 60.4 Å². The van der Waals surface area contributed by atoms with Crippen molar-refractivity contribution in [2.45, 2.75) is 6.92 Å². The van der Waals surface area contributed by atoms with Crippen LogP contribution >= 0.6 is 0 Å². The third kappa shape index (κ3) is 171. The van der Waals surface area contributed by atoms with Gasteiger partial charge in [0, 0.05) is 24.0 Å². The summed E-state index contributed by atoms with van der Waals surface area (Å²) in [5.74, 6) is -0.833. The smallest absolute Gasteiger partial charge is 1.00 e. The number of hydrogen-bond donors (Lipinski definition) is 1. The Kier molecular flexibility index (Phi) is 24.3. The van der Waals surface area contributed by atoms with Gasteiger partial charge in [0.15, 0.2) is 0 Å². The van der Waals surface area contributed by atoms with Gasteiger partial charge in [0.05, 0.1) is 0 Å². The minimum absolute atomic E-state index is 0. The third-order valence-corrected chi connectivity index (χ3v) is 0. The molecule has 0 aliphatic heterocycles. The van der Waals surface area contributed by atoms with Crippen LogP contribution in [0.4, 0.5) is 0 Å². The summed E-state index contributed by atoms with van der Waals surface area (Å²) in [5, 5.41) is 7.42. The van der Waals surface area contributed by atoms with Crippen LogP contribution < -0.4 is 18.9 Å². The summed E-state index contributed by atoms with van der Waals surface area (Å²) >= 11 is 0. The third-order valence-electron chi connectivity index (χ3n) is 0. The second kappa shape index (κ2) is 9.14. The van der Waals surface area contributed by atoms with Gasteiger partial charge >= 0.3 is 18.9 Å². The maximum atomic E-state index is 9.00. The Morgan fingerprint density at radius 2 is 1.83 bits per heavy atom. The summed E-state index contributed by atoms with van der Waals surface area (Å²) in [6.07, 6.45) is 0. The van der Waals surface area contributed by atoms with Crippen LogP contribution in [0.1, 0.15) is 8.35 Å². The van der Waals surface area contributed by atoms with Crippen LogP contribution in [0.25, 0.3) is 0 Å². The van der Waals surface area contributed by atoms with Crippen LogP contribution in [0.3, 0.4) is 0 Å². The van der Waals surface area contributed by atoms with Crippen molar-refractivity contribution in [3.05, 3.63) is 0 Å². The van der Waals surface area contributed by atoms with Crippen molar-refractivity contribution >= 4 is 5.97 Å². The molecule has 0 aromatic heterocycles. The molecule has 1 radical (unpaired) electrons. The van der Waals surface area contributed by atoms with Crippen LogP contribution in [0, 0.1) is 0 Å². The Balaban J connectivity index is -0.0000000150. The van der Waals surface area contributed by atoms with Crippen molar-refractivity contribution in [3.63, 3.8) is 0 Å². The van der Waals surface area contributed by atoms with Crippen LogP contribution in [0.15, 0.2) is 0 Å². The molecule has 6 heavy (non-hydrogen) atoms. The van der Waals surface area contributed by atoms with E-state index in [1.807, 2.05) is 0 Å². The maximum absolute atomic E-state index is 9.00. The summed E-state index contributed by atoms with van der Waals surface area (Å²) in [7, 11) is 0. The van der Waals surface area contributed by atoms with Crippen molar-refractivity contribution in [2.24, 2.45) is 0 Å². The molecular formula is C2H5LiMnO2. The van der Waals surface area contributed by atoms with E-state index in [2.05, 4.69) is 0 Å². The Morgan fingerprint density at radius 1 is 1.83 bits per heavy atom. The van der Waals surface area contributed by atoms with Gasteiger partial charge in [-0.25, -0.2) is 0 Å². The first kappa shape index (κ1) is 16.0. The van der Waals surface area contributed by atoms with E-state index in [-0.39, 0.29) is 37.4 Å². The van der Waals surface area contributed by atoms with Gasteiger partial charge in [0.2, 0.25) is 0 Å². The molecular weight excluding hydrogens is 118 g/mol. The summed E-state index contributed by atoms with van der Waals surface area (Å²) in [6, 6.07) is 0. The van der Waals surface area contributed by atoms with Gasteiger partial charge < -0.3 is 6.53 Å². The minimum atomic E-state index is -0.833. The standard InChI is InChI=1S/C2H4O2.Li.Mn.H/c1-2(3)4;;;/h1H3,(H,3,4);;;/q;+1;;-1. The molecule has 0 rings (SSSR count). The fraction of sp³-hybridized carbons (Fsp3) is 0.500. The predicted octanol–water partition coefficient (Wildman–Crippen LogP) is -2.80. The molecule has 33 valence electrons. The summed E-state index contributed by atoms with van der Waals surface area (Å²) in [4.78, 5) is 9.00. The Morgan fingerprint density at radius 3 is 1.83 bits per heavy atom. The summed E-state index contributed by atoms with van der Waals surface area (Å²) < 4.78 is 0. The zero-order valence-electron chi connectivity index (χ0n) is 4.73. The molecule has 0 unspecified atom stereocenters. The number of hydrogen-bond acceptors (Lipinski definition) is 1. The molecule has 0 spiro atoms. The fourth-order valence-corrected chi connectivity index (χ4v) is 0. The quantitative estimate of drug-likeness (QED) is 0.353. The molecule has 0 bridgehead atoms. The van der Waals surface area contributed by atoms with Crippen molar-refractivity contribution < 1.29 is 47.3 Å². The van der Waals surface area contributed by atoms with Gasteiger partial charge in [-0.15, -0.1) is 0 Å². The van der Waals surface area contributed by atoms with E-state index in [0.717, 1.165) is 6.92 Å². The number of carbonyl (C=O) groups is 1. The van der Waals surface area contributed by atoms with Crippen LogP contribution in [0.2, 0.25) is 0 Å². The van der Waals surface area contributed by atoms with Crippen molar-refractivity contribution in [2.75, 3.05) is 0 Å². The van der Waals surface area contributed by atoms with Crippen LogP contribution in [0.5, 0.6) is 0 Å². The van der Waals surface area contributed by atoms with E-state index in [9.17, 15) is 0 Å². The maximum Gasteiger partial charge on any atom is 1.00 e. The van der Waals surface area contributed by atoms with E-state index in [0.29, 0.717) is 0 Å². The van der Waals surface area contributed by atoms with E-state index < -0.39 is 5.97 Å². The predicted molar refractivity (Wildman–Crippen MR) is 14.4 cm³/mol. The Bertz CT molecular complexity index is 38.7. The van der Waals surface area contributed by atoms with Crippen molar-refractivity contribution in [1.29, 1.82) is 0 Å². The second-order valence-corrected chi connectivity index (χ2v) is 0.519. The summed E-state index contributed by atoms with van der Waals surface area (Å²) in [5.41, 5.74) is 0. The monoisotopic (exact) mass is 123 g/mol. The SMILES string of the molecule is CC(=O)O.[H-].[Li+].[Mn]. The fourth-order valence-electron chi connectivity index (χ4n) is 0. The number of rotatable bonds is 0. The van der Waals surface area contributed by atoms with E-state index >= 15 is 0 Å². The Hall–Kier alpha value is 0.587. The van der Waals surface area contributed by atoms with E-state index in [1.54, 1.807) is 0 Å². The first-order valence-corrected chi connectivity index (χ1v) is 0.928. The van der Waals surface area contributed by atoms with Crippen LogP contribution in [-0.2, 0) is 21.9 Å². The largest absolute Gasteiger partial charge is 1.00 e. The molecule has 0 saturated carbocycles. The van der Waals surface area contributed by atoms with Crippen molar-refractivity contribution in [1.82, 2.24) is 0 Å². The average molecular weight is 123 g/mol. The molecule has 2 nitrogen and oxygen atoms in total. The van der Waals surface area contributed by atoms with Gasteiger partial charge in [0.25, 0.3) is 5.97 Å². The first-order chi connectivity index (χ1) is 1.73. The van der Waals surface area contributed by atoms with Gasteiger partial charge in [-0.1, -0.05) is 0 Å². The topological polar surface area (TPSA) is 37.3 Å². The van der Waals surface area contributed by atoms with Gasteiger partial charge in [-0.3, -0.25) is 4.79 Å². The van der Waals surface area contributed by atoms with Crippen LogP contribution in [-0.4, -0.2) is 11.1 Å². The van der Waals surface area contributed by atoms with E-state index in [1.165, 1.54) is 0 Å². The van der Waals surface area contributed by atoms with Gasteiger partial charge in [-0.2, -0.15) is 0 Å². The average Bonchev–Trinajstić information content (AvgIpc) is 0.811. The summed E-state index contributed by atoms with van der Waals surface area (Å²) in [6.45, 7) is 1.08.